The maximum absolute atomic E-state index is 11.7. The molecule has 3 N–H and O–H groups in total. The van der Waals surface area contributed by atoms with Gasteiger partial charge in [-0.05, 0) is 18.6 Å². The topological polar surface area (TPSA) is 64.4 Å². The Kier molecular flexibility index (Phi) is 3.97. The van der Waals surface area contributed by atoms with E-state index in [-0.39, 0.29) is 5.91 Å². The maximum atomic E-state index is 11.7. The van der Waals surface area contributed by atoms with E-state index in [1.54, 1.807) is 18.2 Å². The van der Waals surface area contributed by atoms with Crippen molar-refractivity contribution in [2.45, 2.75) is 13.3 Å². The van der Waals surface area contributed by atoms with Gasteiger partial charge in [0.25, 0.3) is 5.91 Å². The molecule has 0 fully saturated rings. The number of nitrogens with one attached hydrogen (secondary N) is 1. The van der Waals surface area contributed by atoms with Crippen LogP contribution in [0.1, 0.15) is 23.7 Å². The zero-order valence-corrected chi connectivity index (χ0v) is 9.04. The second-order valence-corrected chi connectivity index (χ2v) is 3.22. The van der Waals surface area contributed by atoms with E-state index in [4.69, 9.17) is 10.5 Å². The van der Waals surface area contributed by atoms with Gasteiger partial charge in [0.05, 0.1) is 12.7 Å². The van der Waals surface area contributed by atoms with Gasteiger partial charge < -0.3 is 15.8 Å². The molecule has 0 aliphatic carbocycles. The third kappa shape index (κ3) is 2.87. The van der Waals surface area contributed by atoms with E-state index in [9.17, 15) is 4.79 Å². The van der Waals surface area contributed by atoms with Crippen molar-refractivity contribution < 1.29 is 9.53 Å². The normalized spacial score (nSPS) is 9.73. The van der Waals surface area contributed by atoms with Gasteiger partial charge in [-0.15, -0.1) is 0 Å². The number of carbonyl (C=O) groups is 1. The Labute approximate surface area is 89.4 Å². The lowest BCUT2D eigenvalue weighted by atomic mass is 10.1. The summed E-state index contributed by atoms with van der Waals surface area (Å²) >= 11 is 0. The van der Waals surface area contributed by atoms with Crippen LogP contribution in [-0.4, -0.2) is 19.6 Å². The number of carbonyl (C=O) groups excluding carboxylic acids is 1. The highest BCUT2D eigenvalue weighted by molar-refractivity contribution is 5.97. The molecular weight excluding hydrogens is 192 g/mol. The summed E-state index contributed by atoms with van der Waals surface area (Å²) in [5.74, 6) is 0.373. The predicted octanol–water partition coefficient (Wildman–Crippen LogP) is 1.42. The smallest absolute Gasteiger partial charge is 0.255 e. The Morgan fingerprint density at radius 2 is 2.27 bits per heavy atom. The van der Waals surface area contributed by atoms with Gasteiger partial charge in [0.2, 0.25) is 0 Å². The molecule has 0 aliphatic heterocycles. The summed E-state index contributed by atoms with van der Waals surface area (Å²) in [7, 11) is 1.52. The molecular formula is C11H16N2O2. The van der Waals surface area contributed by atoms with E-state index in [0.29, 0.717) is 23.5 Å². The largest absolute Gasteiger partial charge is 0.496 e. The maximum Gasteiger partial charge on any atom is 0.255 e. The zero-order chi connectivity index (χ0) is 11.3. The van der Waals surface area contributed by atoms with Gasteiger partial charge in [0, 0.05) is 18.3 Å². The Hall–Kier alpha value is -1.71. The number of ether oxygens (including phenoxy) is 1. The molecule has 4 heteroatoms. The van der Waals surface area contributed by atoms with E-state index in [0.717, 1.165) is 6.42 Å². The molecule has 0 spiro atoms. The van der Waals surface area contributed by atoms with Crippen molar-refractivity contribution in [1.29, 1.82) is 0 Å². The molecule has 82 valence electrons. The lowest BCUT2D eigenvalue weighted by Crippen LogP contribution is -2.24. The van der Waals surface area contributed by atoms with E-state index in [1.165, 1.54) is 7.11 Å². The molecule has 4 nitrogen and oxygen atoms in total. The number of nitrogen functional groups attached to an aromatic ring is 1. The van der Waals surface area contributed by atoms with E-state index < -0.39 is 0 Å². The van der Waals surface area contributed by atoms with Gasteiger partial charge >= 0.3 is 0 Å². The minimum Gasteiger partial charge on any atom is -0.496 e. The van der Waals surface area contributed by atoms with Gasteiger partial charge in [-0.25, -0.2) is 0 Å². The molecule has 1 aromatic carbocycles. The van der Waals surface area contributed by atoms with Crippen LogP contribution < -0.4 is 15.8 Å². The van der Waals surface area contributed by atoms with Gasteiger partial charge in [-0.3, -0.25) is 4.79 Å². The molecule has 0 unspecified atom stereocenters. The Morgan fingerprint density at radius 3 is 2.87 bits per heavy atom. The SMILES string of the molecule is CCCNC(=O)c1ccc(N)cc1OC. The van der Waals surface area contributed by atoms with Crippen LogP contribution in [0.15, 0.2) is 18.2 Å². The minimum atomic E-state index is -0.131. The highest BCUT2D eigenvalue weighted by Gasteiger charge is 2.11. The number of methoxy groups -OCH3 is 1. The summed E-state index contributed by atoms with van der Waals surface area (Å²) in [6.45, 7) is 2.66. The molecule has 0 atom stereocenters. The highest BCUT2D eigenvalue weighted by atomic mass is 16.5. The fraction of sp³-hybridized carbons (Fsp3) is 0.364. The quantitative estimate of drug-likeness (QED) is 0.735. The summed E-state index contributed by atoms with van der Waals surface area (Å²) in [4.78, 5) is 11.7. The first-order valence-electron chi connectivity index (χ1n) is 4.90. The van der Waals surface area contributed by atoms with Crippen LogP contribution in [-0.2, 0) is 0 Å². The molecule has 0 bridgehead atoms. The van der Waals surface area contributed by atoms with Crippen LogP contribution >= 0.6 is 0 Å². The summed E-state index contributed by atoms with van der Waals surface area (Å²) < 4.78 is 5.09. The lowest BCUT2D eigenvalue weighted by molar-refractivity contribution is 0.0950. The molecule has 1 rings (SSSR count). The predicted molar refractivity (Wildman–Crippen MR) is 60.0 cm³/mol. The number of hydrogen-bond donors (Lipinski definition) is 2. The number of rotatable bonds is 4. The summed E-state index contributed by atoms with van der Waals surface area (Å²) in [5, 5.41) is 2.78. The van der Waals surface area contributed by atoms with Crippen LogP contribution in [0.3, 0.4) is 0 Å². The van der Waals surface area contributed by atoms with Crippen LogP contribution in [0.25, 0.3) is 0 Å². The van der Waals surface area contributed by atoms with E-state index in [1.807, 2.05) is 6.92 Å². The average Bonchev–Trinajstić information content (AvgIpc) is 2.25. The summed E-state index contributed by atoms with van der Waals surface area (Å²) in [6.07, 6.45) is 0.906. The van der Waals surface area contributed by atoms with Crippen LogP contribution in [0, 0.1) is 0 Å². The summed E-state index contributed by atoms with van der Waals surface area (Å²) in [6, 6.07) is 4.99. The standard InChI is InChI=1S/C11H16N2O2/c1-3-6-13-11(14)9-5-4-8(12)7-10(9)15-2/h4-5,7H,3,6,12H2,1-2H3,(H,13,14). The first-order valence-corrected chi connectivity index (χ1v) is 4.90. The number of hydrogen-bond acceptors (Lipinski definition) is 3. The second kappa shape index (κ2) is 5.24. The molecule has 1 aromatic rings. The average molecular weight is 208 g/mol. The van der Waals surface area contributed by atoms with Gasteiger partial charge in [-0.1, -0.05) is 6.92 Å². The molecule has 1 amide bonds. The highest BCUT2D eigenvalue weighted by Crippen LogP contribution is 2.21. The Morgan fingerprint density at radius 1 is 1.53 bits per heavy atom. The van der Waals surface area contributed by atoms with Crippen LogP contribution in [0.5, 0.6) is 5.75 Å². The van der Waals surface area contributed by atoms with Gasteiger partial charge in [-0.2, -0.15) is 0 Å². The number of benzene rings is 1. The minimum absolute atomic E-state index is 0.131. The zero-order valence-electron chi connectivity index (χ0n) is 9.04. The lowest BCUT2D eigenvalue weighted by Gasteiger charge is -2.09. The Bertz CT molecular complexity index is 350. The first-order chi connectivity index (χ1) is 7.19. The van der Waals surface area contributed by atoms with Crippen molar-refractivity contribution in [2.75, 3.05) is 19.4 Å². The first kappa shape index (κ1) is 11.4. The molecule has 0 radical (unpaired) electrons. The van der Waals surface area contributed by atoms with Crippen molar-refractivity contribution in [3.8, 4) is 5.75 Å². The van der Waals surface area contributed by atoms with Gasteiger partial charge in [0.15, 0.2) is 0 Å². The van der Waals surface area contributed by atoms with E-state index in [2.05, 4.69) is 5.32 Å². The van der Waals surface area contributed by atoms with Crippen LogP contribution in [0.2, 0.25) is 0 Å². The fourth-order valence-electron chi connectivity index (χ4n) is 1.23. The monoisotopic (exact) mass is 208 g/mol. The molecule has 0 saturated carbocycles. The third-order valence-electron chi connectivity index (χ3n) is 2.01. The van der Waals surface area contributed by atoms with Gasteiger partial charge in [0.1, 0.15) is 5.75 Å². The van der Waals surface area contributed by atoms with Crippen molar-refractivity contribution in [2.24, 2.45) is 0 Å². The van der Waals surface area contributed by atoms with Crippen molar-refractivity contribution >= 4 is 11.6 Å². The van der Waals surface area contributed by atoms with Crippen molar-refractivity contribution in [1.82, 2.24) is 5.32 Å². The number of anilines is 1. The number of nitrogens with two attached hydrogens (primary N) is 1. The number of amides is 1. The van der Waals surface area contributed by atoms with Crippen molar-refractivity contribution in [3.05, 3.63) is 23.8 Å². The molecule has 0 aliphatic rings. The molecule has 15 heavy (non-hydrogen) atoms. The molecule has 0 aromatic heterocycles. The van der Waals surface area contributed by atoms with Crippen molar-refractivity contribution in [3.63, 3.8) is 0 Å². The Balaban J connectivity index is 2.87. The van der Waals surface area contributed by atoms with Crippen LogP contribution in [0.4, 0.5) is 5.69 Å². The summed E-state index contributed by atoms with van der Waals surface area (Å²) in [5.41, 5.74) is 6.69. The second-order valence-electron chi connectivity index (χ2n) is 3.22. The molecule has 0 saturated heterocycles. The third-order valence-corrected chi connectivity index (χ3v) is 2.01. The van der Waals surface area contributed by atoms with E-state index >= 15 is 0 Å². The molecule has 0 heterocycles. The fourth-order valence-corrected chi connectivity index (χ4v) is 1.23.